The van der Waals surface area contributed by atoms with Gasteiger partial charge in [0.1, 0.15) is 5.75 Å². The molecule has 0 aromatic heterocycles. The van der Waals surface area contributed by atoms with E-state index in [9.17, 15) is 18.7 Å². The molecule has 0 bridgehead atoms. The largest absolute Gasteiger partial charge is 0.435 e. The van der Waals surface area contributed by atoms with Crippen LogP contribution in [0.3, 0.4) is 0 Å². The number of ether oxygens (including phenoxy) is 1. The standard InChI is InChI=1S/C12H13F2NO3S/c13-11(14)18-9-3-1-8(2-4-9)15-10(16)12(17)5-6-19-7-12/h1-4,11,17H,5-7H2,(H,15,16)/t12-/m0/s1. The van der Waals surface area contributed by atoms with Crippen LogP contribution >= 0.6 is 11.8 Å². The summed E-state index contributed by atoms with van der Waals surface area (Å²) in [5, 5.41) is 12.6. The SMILES string of the molecule is O=C(Nc1ccc(OC(F)F)cc1)[C@]1(O)CCSC1. The summed E-state index contributed by atoms with van der Waals surface area (Å²) in [6.45, 7) is -2.88. The van der Waals surface area contributed by atoms with Gasteiger partial charge in [-0.25, -0.2) is 0 Å². The van der Waals surface area contributed by atoms with Gasteiger partial charge < -0.3 is 15.2 Å². The van der Waals surface area contributed by atoms with Crippen LogP contribution < -0.4 is 10.1 Å². The van der Waals surface area contributed by atoms with Crippen molar-refractivity contribution >= 4 is 23.4 Å². The summed E-state index contributed by atoms with van der Waals surface area (Å²) in [5.74, 6) is 0.652. The van der Waals surface area contributed by atoms with Crippen molar-refractivity contribution in [2.45, 2.75) is 18.6 Å². The molecule has 1 amide bonds. The normalized spacial score (nSPS) is 22.5. The molecule has 19 heavy (non-hydrogen) atoms. The second kappa shape index (κ2) is 5.75. The lowest BCUT2D eigenvalue weighted by Gasteiger charge is -2.20. The molecule has 0 aliphatic carbocycles. The van der Waals surface area contributed by atoms with Crippen molar-refractivity contribution < 1.29 is 23.4 Å². The molecule has 104 valence electrons. The molecule has 0 saturated carbocycles. The number of thioether (sulfide) groups is 1. The second-order valence-corrected chi connectivity index (χ2v) is 5.30. The highest BCUT2D eigenvalue weighted by atomic mass is 32.2. The van der Waals surface area contributed by atoms with Gasteiger partial charge in [-0.3, -0.25) is 4.79 Å². The number of alkyl halides is 2. The maximum atomic E-state index is 12.0. The molecule has 0 spiro atoms. The van der Waals surface area contributed by atoms with Gasteiger partial charge in [-0.05, 0) is 36.4 Å². The number of anilines is 1. The maximum Gasteiger partial charge on any atom is 0.387 e. The van der Waals surface area contributed by atoms with E-state index in [-0.39, 0.29) is 5.75 Å². The zero-order chi connectivity index (χ0) is 13.9. The van der Waals surface area contributed by atoms with E-state index < -0.39 is 18.1 Å². The Bertz CT molecular complexity index is 447. The molecule has 1 aromatic rings. The van der Waals surface area contributed by atoms with E-state index in [2.05, 4.69) is 10.1 Å². The molecule has 2 N–H and O–H groups in total. The van der Waals surface area contributed by atoms with Gasteiger partial charge in [0.05, 0.1) is 0 Å². The van der Waals surface area contributed by atoms with Crippen LogP contribution in [0, 0.1) is 0 Å². The van der Waals surface area contributed by atoms with Gasteiger partial charge in [0, 0.05) is 11.4 Å². The lowest BCUT2D eigenvalue weighted by Crippen LogP contribution is -2.42. The Balaban J connectivity index is 1.97. The summed E-state index contributed by atoms with van der Waals surface area (Å²) in [6.07, 6.45) is 0.413. The molecule has 2 rings (SSSR count). The lowest BCUT2D eigenvalue weighted by atomic mass is 10.0. The number of halogens is 2. The summed E-state index contributed by atoms with van der Waals surface area (Å²) in [6, 6.07) is 5.55. The summed E-state index contributed by atoms with van der Waals surface area (Å²) in [5.41, 5.74) is -0.917. The third-order valence-electron chi connectivity index (χ3n) is 2.76. The summed E-state index contributed by atoms with van der Waals surface area (Å²) in [7, 11) is 0. The third-order valence-corrected chi connectivity index (χ3v) is 3.94. The van der Waals surface area contributed by atoms with Gasteiger partial charge in [0.15, 0.2) is 5.60 Å². The fourth-order valence-corrected chi connectivity index (χ4v) is 2.94. The fourth-order valence-electron chi connectivity index (χ4n) is 1.70. The van der Waals surface area contributed by atoms with Gasteiger partial charge in [0.25, 0.3) is 5.91 Å². The summed E-state index contributed by atoms with van der Waals surface area (Å²) in [4.78, 5) is 11.9. The molecule has 4 nitrogen and oxygen atoms in total. The van der Waals surface area contributed by atoms with E-state index >= 15 is 0 Å². The number of hydrogen-bond donors (Lipinski definition) is 2. The monoisotopic (exact) mass is 289 g/mol. The first kappa shape index (κ1) is 14.1. The molecular weight excluding hydrogens is 276 g/mol. The number of benzene rings is 1. The maximum absolute atomic E-state index is 12.0. The molecule has 1 aliphatic rings. The second-order valence-electron chi connectivity index (χ2n) is 4.19. The lowest BCUT2D eigenvalue weighted by molar-refractivity contribution is -0.131. The van der Waals surface area contributed by atoms with Crippen molar-refractivity contribution in [2.75, 3.05) is 16.8 Å². The van der Waals surface area contributed by atoms with Crippen LogP contribution in [0.2, 0.25) is 0 Å². The molecule has 1 aromatic carbocycles. The van der Waals surface area contributed by atoms with E-state index in [0.29, 0.717) is 17.9 Å². The molecule has 1 heterocycles. The van der Waals surface area contributed by atoms with E-state index in [1.807, 2.05) is 0 Å². The van der Waals surface area contributed by atoms with Gasteiger partial charge in [0.2, 0.25) is 0 Å². The van der Waals surface area contributed by atoms with Crippen LogP contribution in [-0.2, 0) is 4.79 Å². The molecular formula is C12H13F2NO3S. The van der Waals surface area contributed by atoms with Crippen molar-refractivity contribution in [3.05, 3.63) is 24.3 Å². The van der Waals surface area contributed by atoms with Crippen LogP contribution in [-0.4, -0.2) is 34.7 Å². The Morgan fingerprint density at radius 2 is 2.11 bits per heavy atom. The number of aliphatic hydroxyl groups is 1. The molecule has 1 atom stereocenters. The molecule has 0 radical (unpaired) electrons. The van der Waals surface area contributed by atoms with Gasteiger partial charge in [-0.1, -0.05) is 0 Å². The van der Waals surface area contributed by atoms with Crippen molar-refractivity contribution in [2.24, 2.45) is 0 Å². The van der Waals surface area contributed by atoms with Crippen LogP contribution in [0.5, 0.6) is 5.75 Å². The first-order chi connectivity index (χ1) is 8.99. The Labute approximate surface area is 113 Å². The molecule has 7 heteroatoms. The van der Waals surface area contributed by atoms with Crippen LogP contribution in [0.15, 0.2) is 24.3 Å². The van der Waals surface area contributed by atoms with Crippen molar-refractivity contribution in [3.8, 4) is 5.75 Å². The Hall–Kier alpha value is -1.34. The molecule has 1 saturated heterocycles. The average Bonchev–Trinajstić information content (AvgIpc) is 2.79. The topological polar surface area (TPSA) is 58.6 Å². The van der Waals surface area contributed by atoms with Crippen LogP contribution in [0.4, 0.5) is 14.5 Å². The smallest absolute Gasteiger partial charge is 0.387 e. The van der Waals surface area contributed by atoms with E-state index in [1.54, 1.807) is 0 Å². The average molecular weight is 289 g/mol. The van der Waals surface area contributed by atoms with Crippen molar-refractivity contribution in [3.63, 3.8) is 0 Å². The van der Waals surface area contributed by atoms with E-state index in [1.165, 1.54) is 36.0 Å². The third kappa shape index (κ3) is 3.57. The molecule has 1 fully saturated rings. The first-order valence-electron chi connectivity index (χ1n) is 5.66. The highest BCUT2D eigenvalue weighted by Gasteiger charge is 2.39. The molecule has 0 unspecified atom stereocenters. The number of amides is 1. The predicted molar refractivity (Wildman–Crippen MR) is 68.6 cm³/mol. The number of rotatable bonds is 4. The Morgan fingerprint density at radius 3 is 2.63 bits per heavy atom. The summed E-state index contributed by atoms with van der Waals surface area (Å²) < 4.78 is 28.1. The quantitative estimate of drug-likeness (QED) is 0.891. The minimum absolute atomic E-state index is 0.0168. The number of hydrogen-bond acceptors (Lipinski definition) is 4. The zero-order valence-corrected chi connectivity index (χ0v) is 10.8. The fraction of sp³-hybridized carbons (Fsp3) is 0.417. The minimum Gasteiger partial charge on any atom is -0.435 e. The number of nitrogens with one attached hydrogen (secondary N) is 1. The Morgan fingerprint density at radius 1 is 1.42 bits per heavy atom. The van der Waals surface area contributed by atoms with Gasteiger partial charge in [-0.15, -0.1) is 0 Å². The van der Waals surface area contributed by atoms with Gasteiger partial charge in [-0.2, -0.15) is 20.5 Å². The van der Waals surface area contributed by atoms with Crippen LogP contribution in [0.25, 0.3) is 0 Å². The number of carbonyl (C=O) groups is 1. The van der Waals surface area contributed by atoms with Crippen molar-refractivity contribution in [1.29, 1.82) is 0 Å². The summed E-state index contributed by atoms with van der Waals surface area (Å²) >= 11 is 1.52. The van der Waals surface area contributed by atoms with Gasteiger partial charge >= 0.3 is 6.61 Å². The predicted octanol–water partition coefficient (Wildman–Crippen LogP) is 2.09. The highest BCUT2D eigenvalue weighted by molar-refractivity contribution is 7.99. The van der Waals surface area contributed by atoms with E-state index in [4.69, 9.17) is 0 Å². The van der Waals surface area contributed by atoms with E-state index in [0.717, 1.165) is 5.75 Å². The zero-order valence-electron chi connectivity index (χ0n) is 9.94. The Kier molecular flexibility index (Phi) is 4.26. The molecule has 1 aliphatic heterocycles. The van der Waals surface area contributed by atoms with Crippen LogP contribution in [0.1, 0.15) is 6.42 Å². The highest BCUT2D eigenvalue weighted by Crippen LogP contribution is 2.29. The first-order valence-corrected chi connectivity index (χ1v) is 6.81. The van der Waals surface area contributed by atoms with Crippen molar-refractivity contribution in [1.82, 2.24) is 0 Å². The number of carbonyl (C=O) groups excluding carboxylic acids is 1. The minimum atomic E-state index is -2.88.